The van der Waals surface area contributed by atoms with Crippen molar-refractivity contribution in [1.29, 1.82) is 0 Å². The van der Waals surface area contributed by atoms with Crippen LogP contribution >= 0.6 is 49.1 Å². The fraction of sp³-hybridized carbons (Fsp3) is 0.289. The van der Waals surface area contributed by atoms with E-state index in [4.69, 9.17) is 50.0 Å². The fourth-order valence-electron chi connectivity index (χ4n) is 7.31. The number of fused-ring (bicyclic) bond motifs is 2. The second-order valence-corrected chi connectivity index (χ2v) is 23.6. The van der Waals surface area contributed by atoms with Gasteiger partial charge in [0.05, 0.1) is 43.7 Å². The number of ether oxygens (including phenoxy) is 2. The third-order valence-corrected chi connectivity index (χ3v) is 14.1. The van der Waals surface area contributed by atoms with E-state index in [1.165, 1.54) is 28.5 Å². The molecule has 340 valence electrons. The first kappa shape index (κ1) is 51.0. The highest BCUT2D eigenvalue weighted by molar-refractivity contribution is 7.70. The summed E-state index contributed by atoms with van der Waals surface area (Å²) in [4.78, 5) is 21.4. The molecule has 2 aromatic heterocycles. The topological polar surface area (TPSA) is 161 Å². The third-order valence-electron chi connectivity index (χ3n) is 10.2. The summed E-state index contributed by atoms with van der Waals surface area (Å²) in [5.41, 5.74) is 14.3. The number of nitrogen functional groups attached to an aromatic ring is 1. The van der Waals surface area contributed by atoms with E-state index in [9.17, 15) is 9.13 Å². The summed E-state index contributed by atoms with van der Waals surface area (Å²) < 4.78 is 35.7. The van der Waals surface area contributed by atoms with Crippen LogP contribution in [-0.4, -0.2) is 84.7 Å². The molecule has 64 heavy (non-hydrogen) atoms. The van der Waals surface area contributed by atoms with Crippen molar-refractivity contribution in [3.05, 3.63) is 134 Å². The van der Waals surface area contributed by atoms with Gasteiger partial charge in [0.15, 0.2) is 11.6 Å². The van der Waals surface area contributed by atoms with Crippen LogP contribution in [0.3, 0.4) is 0 Å². The quantitative estimate of drug-likeness (QED) is 0.0579. The number of nitrogens with two attached hydrogens (primary N) is 1. The number of anilines is 5. The van der Waals surface area contributed by atoms with Crippen molar-refractivity contribution < 1.29 is 42.6 Å². The Bertz CT molecular complexity index is 2720. The van der Waals surface area contributed by atoms with Crippen LogP contribution in [0.15, 0.2) is 85.2 Å². The average Bonchev–Trinajstić information content (AvgIpc) is 3.78. The van der Waals surface area contributed by atoms with E-state index >= 15 is 0 Å². The summed E-state index contributed by atoms with van der Waals surface area (Å²) in [6.07, 6.45) is 3.53. The van der Waals surface area contributed by atoms with Gasteiger partial charge < -0.3 is 58.9 Å². The molecule has 0 saturated heterocycles. The Balaban J connectivity index is 0.000000198. The van der Waals surface area contributed by atoms with E-state index in [1.54, 1.807) is 47.1 Å². The molecule has 0 aliphatic carbocycles. The van der Waals surface area contributed by atoms with Gasteiger partial charge in [-0.1, -0.05) is 53.5 Å². The smallest absolute Gasteiger partial charge is 0.224 e. The van der Waals surface area contributed by atoms with Gasteiger partial charge in [-0.15, -0.1) is 0 Å². The Hall–Kier alpha value is -3.98. The maximum absolute atomic E-state index is 12.7. The number of hydrogen-bond acceptors (Lipinski definition) is 13. The standard InChI is InChI=1S/C23H26ClN4O2P.C12H12Cl2N3OP.C10H14N2O.HI/c1-28-13-16-9-15(20(30-2)10-17(16)14-28)11-22-25-12-18(24)23(27-22)26-19-7-5-6-8-21(19)31(3,4)29;1-19(2,18)10-6-4-3-5-9(10)16-11-8(13)7-15-12(14)17-11;1-12-5-7-3-9(11)10(13-2)4-8(7)6-12;/h5-10,12H,11,13-14H2,1-4H3,(H,25,26,27);3-7H,1-2H3,(H,15,16,17);3-4H,5-6,11H2,1-2H3;1H/p-1. The molecule has 6 aromatic rings. The highest BCUT2D eigenvalue weighted by Gasteiger charge is 2.22. The lowest BCUT2D eigenvalue weighted by molar-refractivity contribution is -0.0000164. The number of para-hydroxylation sites is 2. The first-order chi connectivity index (χ1) is 29.8. The number of nitrogens with one attached hydrogen (secondary N) is 2. The molecule has 0 bridgehead atoms. The molecule has 0 saturated carbocycles. The zero-order chi connectivity index (χ0) is 45.6. The van der Waals surface area contributed by atoms with E-state index < -0.39 is 14.3 Å². The highest BCUT2D eigenvalue weighted by Crippen LogP contribution is 2.40. The number of aromatic nitrogens is 4. The second-order valence-electron chi connectivity index (χ2n) is 16.1. The van der Waals surface area contributed by atoms with Crippen molar-refractivity contribution in [3.8, 4) is 11.5 Å². The molecule has 13 nitrogen and oxygen atoms in total. The molecule has 8 rings (SSSR count). The highest BCUT2D eigenvalue weighted by atomic mass is 127. The van der Waals surface area contributed by atoms with E-state index in [2.05, 4.69) is 66.6 Å². The predicted octanol–water partition coefficient (Wildman–Crippen LogP) is 6.67. The van der Waals surface area contributed by atoms with E-state index in [1.807, 2.05) is 60.7 Å². The molecule has 0 fully saturated rings. The molecular weight excluding hydrogens is 1030 g/mol. The maximum Gasteiger partial charge on any atom is 0.224 e. The van der Waals surface area contributed by atoms with Crippen molar-refractivity contribution >= 4 is 88.4 Å². The lowest BCUT2D eigenvalue weighted by atomic mass is 10.0. The lowest BCUT2D eigenvalue weighted by Crippen LogP contribution is -3.00. The van der Waals surface area contributed by atoms with Gasteiger partial charge in [0.2, 0.25) is 5.28 Å². The van der Waals surface area contributed by atoms with Gasteiger partial charge in [0.25, 0.3) is 0 Å². The van der Waals surface area contributed by atoms with Crippen LogP contribution in [0.25, 0.3) is 0 Å². The Morgan fingerprint density at radius 3 is 1.59 bits per heavy atom. The molecule has 4 aromatic carbocycles. The van der Waals surface area contributed by atoms with Crippen LogP contribution < -0.4 is 60.4 Å². The zero-order valence-electron chi connectivity index (χ0n) is 36.9. The normalized spacial score (nSPS) is 13.3. The van der Waals surface area contributed by atoms with Gasteiger partial charge in [-0.2, -0.15) is 4.98 Å². The van der Waals surface area contributed by atoms with Gasteiger partial charge in [-0.3, -0.25) is 9.80 Å². The van der Waals surface area contributed by atoms with E-state index in [-0.39, 0.29) is 29.3 Å². The number of hydrogen-bond donors (Lipinski definition) is 3. The number of nitrogens with zero attached hydrogens (tertiary/aromatic N) is 6. The number of benzene rings is 4. The minimum absolute atomic E-state index is 0. The largest absolute Gasteiger partial charge is 1.00 e. The summed E-state index contributed by atoms with van der Waals surface area (Å²) in [6, 6.07) is 23.2. The molecule has 0 radical (unpaired) electrons. The van der Waals surface area contributed by atoms with Gasteiger partial charge >= 0.3 is 0 Å². The second kappa shape index (κ2) is 22.0. The van der Waals surface area contributed by atoms with Crippen LogP contribution in [0.5, 0.6) is 11.5 Å². The monoisotopic (exact) mass is 1080 g/mol. The van der Waals surface area contributed by atoms with Crippen LogP contribution in [0.4, 0.5) is 28.7 Å². The first-order valence-electron chi connectivity index (χ1n) is 19.9. The molecule has 0 atom stereocenters. The molecule has 2 aliphatic rings. The van der Waals surface area contributed by atoms with Crippen LogP contribution in [0.2, 0.25) is 15.3 Å². The Morgan fingerprint density at radius 1 is 0.656 bits per heavy atom. The van der Waals surface area contributed by atoms with Crippen LogP contribution in [0.1, 0.15) is 33.6 Å². The Kier molecular flexibility index (Phi) is 17.5. The SMILES string of the molecule is COc1cc2c(cc1Cc1ncc(Cl)c(Nc3ccccc3P(C)(C)=O)n1)CN(C)C2.COc1cc2c(cc1N)CN(C)C2.CP(C)(=O)c1ccccc1Nc1nc(Cl)ncc1Cl.[I-]. The number of rotatable bonds is 10. The van der Waals surface area contributed by atoms with E-state index in [0.29, 0.717) is 39.6 Å². The molecule has 0 spiro atoms. The van der Waals surface area contributed by atoms with Gasteiger partial charge in [-0.25, -0.2) is 15.0 Å². The zero-order valence-corrected chi connectivity index (χ0v) is 43.1. The summed E-state index contributed by atoms with van der Waals surface area (Å²) >= 11 is 18.1. The molecule has 4 heterocycles. The Labute approximate surface area is 407 Å². The molecule has 0 amide bonds. The van der Waals surface area contributed by atoms with Crippen molar-refractivity contribution in [2.75, 3.05) is 71.3 Å². The maximum atomic E-state index is 12.7. The van der Waals surface area contributed by atoms with Crippen LogP contribution in [0, 0.1) is 0 Å². The van der Waals surface area contributed by atoms with Crippen molar-refractivity contribution in [3.63, 3.8) is 0 Å². The lowest BCUT2D eigenvalue weighted by Gasteiger charge is -2.16. The molecule has 19 heteroatoms. The first-order valence-corrected chi connectivity index (χ1v) is 26.2. The Morgan fingerprint density at radius 2 is 1.09 bits per heavy atom. The van der Waals surface area contributed by atoms with E-state index in [0.717, 1.165) is 65.2 Å². The molecular formula is C45H52Cl3IN9O4P2-. The predicted molar refractivity (Wildman–Crippen MR) is 260 cm³/mol. The summed E-state index contributed by atoms with van der Waals surface area (Å²) in [6.45, 7) is 10.7. The summed E-state index contributed by atoms with van der Waals surface area (Å²) in [5, 5.41) is 8.65. The van der Waals surface area contributed by atoms with Crippen LogP contribution in [-0.2, 0) is 41.7 Å². The van der Waals surface area contributed by atoms with Crippen molar-refractivity contribution in [2.24, 2.45) is 0 Å². The van der Waals surface area contributed by atoms with Gasteiger partial charge in [-0.05, 0) is 117 Å². The third kappa shape index (κ3) is 13.1. The summed E-state index contributed by atoms with van der Waals surface area (Å²) in [5.74, 6) is 3.14. The number of methoxy groups -OCH3 is 2. The van der Waals surface area contributed by atoms with Crippen molar-refractivity contribution in [1.82, 2.24) is 29.7 Å². The number of halogens is 4. The van der Waals surface area contributed by atoms with Gasteiger partial charge in [0, 0.05) is 48.8 Å². The minimum atomic E-state index is -2.47. The fourth-order valence-corrected chi connectivity index (χ4v) is 10.0. The summed E-state index contributed by atoms with van der Waals surface area (Å²) in [7, 11) is 2.67. The molecule has 4 N–H and O–H groups in total. The average molecular weight is 1080 g/mol. The van der Waals surface area contributed by atoms with Gasteiger partial charge in [0.1, 0.15) is 41.7 Å². The van der Waals surface area contributed by atoms with Crippen molar-refractivity contribution in [2.45, 2.75) is 32.6 Å². The molecule has 2 aliphatic heterocycles. The minimum Gasteiger partial charge on any atom is -1.00 e. The molecule has 0 unspecified atom stereocenters.